The molecule has 0 bridgehead atoms. The van der Waals surface area contributed by atoms with Crippen molar-refractivity contribution >= 4 is 37.5 Å². The summed E-state index contributed by atoms with van der Waals surface area (Å²) in [6.45, 7) is 3.47. The molecule has 1 aromatic carbocycles. The summed E-state index contributed by atoms with van der Waals surface area (Å²) in [4.78, 5) is 4.15. The van der Waals surface area contributed by atoms with Gasteiger partial charge in [-0.2, -0.15) is 0 Å². The van der Waals surface area contributed by atoms with Crippen molar-refractivity contribution in [2.75, 3.05) is 10.5 Å². The number of nitrogens with zero attached hydrogens (tertiary/aromatic N) is 1. The smallest absolute Gasteiger partial charge is 0.263 e. The van der Waals surface area contributed by atoms with Crippen molar-refractivity contribution in [1.82, 2.24) is 4.98 Å². The van der Waals surface area contributed by atoms with E-state index in [0.29, 0.717) is 15.7 Å². The second-order valence-corrected chi connectivity index (χ2v) is 6.92. The van der Waals surface area contributed by atoms with Crippen molar-refractivity contribution in [3.8, 4) is 0 Å². The number of rotatable bonds is 3. The second-order valence-electron chi connectivity index (χ2n) is 4.42. The fourth-order valence-corrected chi connectivity index (χ4v) is 3.65. The second kappa shape index (κ2) is 5.41. The minimum atomic E-state index is -3.73. The molecule has 0 saturated heterocycles. The molecule has 5 nitrogen and oxygen atoms in total. The molecular formula is C13H14BrN3O2S. The zero-order valence-electron chi connectivity index (χ0n) is 11.0. The third-order valence-corrected chi connectivity index (χ3v) is 4.93. The number of nitrogen functional groups attached to an aromatic ring is 1. The van der Waals surface area contributed by atoms with Crippen LogP contribution in [0.1, 0.15) is 11.1 Å². The molecule has 3 N–H and O–H groups in total. The summed E-state index contributed by atoms with van der Waals surface area (Å²) in [5, 5.41) is 0. The van der Waals surface area contributed by atoms with Gasteiger partial charge in [-0.05, 0) is 65.2 Å². The molecule has 0 atom stereocenters. The van der Waals surface area contributed by atoms with E-state index in [-0.39, 0.29) is 10.7 Å². The predicted molar refractivity (Wildman–Crippen MR) is 83.1 cm³/mol. The maximum Gasteiger partial charge on any atom is 0.263 e. The molecule has 2 rings (SSSR count). The monoisotopic (exact) mass is 355 g/mol. The van der Waals surface area contributed by atoms with Crippen LogP contribution in [0, 0.1) is 13.8 Å². The average molecular weight is 356 g/mol. The van der Waals surface area contributed by atoms with E-state index in [9.17, 15) is 8.42 Å². The predicted octanol–water partition coefficient (Wildman–Crippen LogP) is 2.84. The van der Waals surface area contributed by atoms with Gasteiger partial charge in [-0.3, -0.25) is 4.72 Å². The highest BCUT2D eigenvalue weighted by molar-refractivity contribution is 9.10. The molecule has 20 heavy (non-hydrogen) atoms. The summed E-state index contributed by atoms with van der Waals surface area (Å²) >= 11 is 3.25. The number of anilines is 2. The van der Waals surface area contributed by atoms with Crippen LogP contribution >= 0.6 is 15.9 Å². The van der Waals surface area contributed by atoms with Crippen LogP contribution in [0.4, 0.5) is 11.5 Å². The Labute approximate surface area is 126 Å². The summed E-state index contributed by atoms with van der Waals surface area (Å²) < 4.78 is 27.9. The number of nitrogens with one attached hydrogen (secondary N) is 1. The molecule has 7 heteroatoms. The van der Waals surface area contributed by atoms with Gasteiger partial charge in [0.05, 0.1) is 9.37 Å². The number of hydrogen-bond acceptors (Lipinski definition) is 4. The van der Waals surface area contributed by atoms with Crippen molar-refractivity contribution in [3.63, 3.8) is 0 Å². The maximum atomic E-state index is 12.5. The van der Waals surface area contributed by atoms with E-state index in [1.165, 1.54) is 6.20 Å². The first kappa shape index (κ1) is 14.8. The van der Waals surface area contributed by atoms with E-state index in [2.05, 4.69) is 25.6 Å². The molecule has 0 fully saturated rings. The lowest BCUT2D eigenvalue weighted by molar-refractivity contribution is 0.600. The molecule has 0 aliphatic rings. The lowest BCUT2D eigenvalue weighted by Gasteiger charge is -2.13. The number of benzene rings is 1. The SMILES string of the molecule is Cc1cc(N)c(C)c(S(=O)(=O)Nc2ncccc2Br)c1. The van der Waals surface area contributed by atoms with E-state index in [1.807, 2.05) is 0 Å². The molecule has 106 valence electrons. The van der Waals surface area contributed by atoms with Crippen molar-refractivity contribution in [3.05, 3.63) is 46.1 Å². The quantitative estimate of drug-likeness (QED) is 0.829. The highest BCUT2D eigenvalue weighted by atomic mass is 79.9. The molecule has 0 radical (unpaired) electrons. The van der Waals surface area contributed by atoms with Gasteiger partial charge in [-0.15, -0.1) is 0 Å². The van der Waals surface area contributed by atoms with Gasteiger partial charge in [0.2, 0.25) is 0 Å². The van der Waals surface area contributed by atoms with Gasteiger partial charge in [0.25, 0.3) is 10.0 Å². The van der Waals surface area contributed by atoms with Gasteiger partial charge < -0.3 is 5.73 Å². The zero-order chi connectivity index (χ0) is 14.9. The van der Waals surface area contributed by atoms with E-state index >= 15 is 0 Å². The average Bonchev–Trinajstić information content (AvgIpc) is 2.36. The van der Waals surface area contributed by atoms with Crippen LogP contribution in [0.15, 0.2) is 39.8 Å². The number of sulfonamides is 1. The normalized spacial score (nSPS) is 11.3. The van der Waals surface area contributed by atoms with Gasteiger partial charge in [-0.25, -0.2) is 13.4 Å². The largest absolute Gasteiger partial charge is 0.398 e. The van der Waals surface area contributed by atoms with Crippen LogP contribution in [0.25, 0.3) is 0 Å². The highest BCUT2D eigenvalue weighted by Gasteiger charge is 2.20. The third kappa shape index (κ3) is 2.94. The minimum Gasteiger partial charge on any atom is -0.398 e. The lowest BCUT2D eigenvalue weighted by atomic mass is 10.1. The molecule has 0 amide bonds. The van der Waals surface area contributed by atoms with Crippen LogP contribution in [0.2, 0.25) is 0 Å². The molecule has 0 aliphatic carbocycles. The first-order chi connectivity index (χ1) is 9.31. The first-order valence-electron chi connectivity index (χ1n) is 5.81. The Morgan fingerprint density at radius 3 is 2.65 bits per heavy atom. The fourth-order valence-electron chi connectivity index (χ4n) is 1.77. The van der Waals surface area contributed by atoms with Gasteiger partial charge in [0.1, 0.15) is 0 Å². The summed E-state index contributed by atoms with van der Waals surface area (Å²) in [7, 11) is -3.73. The molecule has 0 unspecified atom stereocenters. The van der Waals surface area contributed by atoms with Crippen LogP contribution in [0.3, 0.4) is 0 Å². The molecule has 1 aromatic heterocycles. The Bertz CT molecular complexity index is 760. The van der Waals surface area contributed by atoms with Crippen LogP contribution in [0.5, 0.6) is 0 Å². The molecule has 0 spiro atoms. The van der Waals surface area contributed by atoms with E-state index in [4.69, 9.17) is 5.73 Å². The van der Waals surface area contributed by atoms with Crippen molar-refractivity contribution < 1.29 is 8.42 Å². The van der Waals surface area contributed by atoms with Crippen LogP contribution in [-0.2, 0) is 10.0 Å². The Kier molecular flexibility index (Phi) is 4.01. The van der Waals surface area contributed by atoms with Crippen molar-refractivity contribution in [2.24, 2.45) is 0 Å². The number of aryl methyl sites for hydroxylation is 1. The molecule has 1 heterocycles. The number of halogens is 1. The summed E-state index contributed by atoms with van der Waals surface area (Å²) in [5.41, 5.74) is 7.58. The van der Waals surface area contributed by atoms with Gasteiger partial charge in [-0.1, -0.05) is 0 Å². The van der Waals surface area contributed by atoms with E-state index < -0.39 is 10.0 Å². The van der Waals surface area contributed by atoms with Gasteiger partial charge >= 0.3 is 0 Å². The van der Waals surface area contributed by atoms with Gasteiger partial charge in [0, 0.05) is 11.9 Å². The number of aromatic nitrogens is 1. The van der Waals surface area contributed by atoms with Crippen LogP contribution in [-0.4, -0.2) is 13.4 Å². The Balaban J connectivity index is 2.49. The zero-order valence-corrected chi connectivity index (χ0v) is 13.4. The number of hydrogen-bond donors (Lipinski definition) is 2. The molecule has 0 saturated carbocycles. The number of pyridine rings is 1. The van der Waals surface area contributed by atoms with E-state index in [1.54, 1.807) is 38.1 Å². The van der Waals surface area contributed by atoms with E-state index in [0.717, 1.165) is 5.56 Å². The minimum absolute atomic E-state index is 0.160. The topological polar surface area (TPSA) is 85.1 Å². The first-order valence-corrected chi connectivity index (χ1v) is 8.09. The summed E-state index contributed by atoms with van der Waals surface area (Å²) in [6, 6.07) is 6.75. The molecule has 0 aliphatic heterocycles. The third-order valence-electron chi connectivity index (χ3n) is 2.82. The summed E-state index contributed by atoms with van der Waals surface area (Å²) in [6.07, 6.45) is 1.51. The standard InChI is InChI=1S/C13H14BrN3O2S/c1-8-6-11(15)9(2)12(7-8)20(18,19)17-13-10(14)4-3-5-16-13/h3-7H,15H2,1-2H3,(H,16,17). The summed E-state index contributed by atoms with van der Waals surface area (Å²) in [5.74, 6) is 0.243. The Hall–Kier alpha value is -1.60. The number of nitrogens with two attached hydrogens (primary N) is 1. The van der Waals surface area contributed by atoms with Crippen molar-refractivity contribution in [2.45, 2.75) is 18.7 Å². The maximum absolute atomic E-state index is 12.5. The fraction of sp³-hybridized carbons (Fsp3) is 0.154. The Morgan fingerprint density at radius 2 is 2.00 bits per heavy atom. The Morgan fingerprint density at radius 1 is 1.30 bits per heavy atom. The highest BCUT2D eigenvalue weighted by Crippen LogP contribution is 2.26. The van der Waals surface area contributed by atoms with Crippen LogP contribution < -0.4 is 10.5 Å². The lowest BCUT2D eigenvalue weighted by Crippen LogP contribution is -2.16. The molecular weight excluding hydrogens is 342 g/mol. The van der Waals surface area contributed by atoms with Crippen molar-refractivity contribution in [1.29, 1.82) is 0 Å². The molecule has 2 aromatic rings. The van der Waals surface area contributed by atoms with Gasteiger partial charge in [0.15, 0.2) is 5.82 Å².